The van der Waals surface area contributed by atoms with Crippen LogP contribution in [0.4, 0.5) is 0 Å². The van der Waals surface area contributed by atoms with E-state index in [1.807, 2.05) is 0 Å². The van der Waals surface area contributed by atoms with E-state index in [4.69, 9.17) is 28.4 Å². The highest BCUT2D eigenvalue weighted by Crippen LogP contribution is 2.10. The standard InChI is InChI=1S/C32H57N3O9/c1-4-6-8-10-12-15-30(36)43-27-29(44-32(38)16-13-11-9-7-5-2)26-35-25-28(33-34-35)17-18-31(37)42-24-23-41-22-21-40-20-14-19-39-3/h25,29H,4-24,26-27H2,1-3H3. The van der Waals surface area contributed by atoms with Crippen molar-refractivity contribution < 1.29 is 42.8 Å². The van der Waals surface area contributed by atoms with Gasteiger partial charge in [0.25, 0.3) is 0 Å². The van der Waals surface area contributed by atoms with Gasteiger partial charge in [0.15, 0.2) is 6.10 Å². The number of aryl methyl sites for hydroxylation is 1. The van der Waals surface area contributed by atoms with Crippen LogP contribution in [0.5, 0.6) is 0 Å². The van der Waals surface area contributed by atoms with Crippen LogP contribution in [0.15, 0.2) is 6.20 Å². The molecule has 0 aliphatic carbocycles. The van der Waals surface area contributed by atoms with Crippen molar-refractivity contribution in [3.63, 3.8) is 0 Å². The lowest BCUT2D eigenvalue weighted by Gasteiger charge is -2.18. The molecule has 44 heavy (non-hydrogen) atoms. The number of hydrogen-bond acceptors (Lipinski definition) is 11. The lowest BCUT2D eigenvalue weighted by Crippen LogP contribution is -2.30. The lowest BCUT2D eigenvalue weighted by molar-refractivity contribution is -0.160. The Labute approximate surface area is 263 Å². The highest BCUT2D eigenvalue weighted by Gasteiger charge is 2.19. The number of rotatable bonds is 30. The first kappa shape index (κ1) is 39.5. The minimum absolute atomic E-state index is 0.0428. The molecular formula is C32H57N3O9. The molecule has 1 aromatic rings. The number of nitrogens with zero attached hydrogens (tertiary/aromatic N) is 3. The SMILES string of the molecule is CCCCCCCC(=O)OCC(Cn1cc(CCC(=O)OCCOCCOCCCOC)nn1)OC(=O)CCCCCCC. The van der Waals surface area contributed by atoms with E-state index < -0.39 is 6.10 Å². The zero-order chi connectivity index (χ0) is 32.1. The minimum Gasteiger partial charge on any atom is -0.463 e. The van der Waals surface area contributed by atoms with Gasteiger partial charge >= 0.3 is 17.9 Å². The first-order valence-electron chi connectivity index (χ1n) is 16.5. The van der Waals surface area contributed by atoms with Gasteiger partial charge < -0.3 is 28.4 Å². The van der Waals surface area contributed by atoms with Crippen LogP contribution in [0.3, 0.4) is 0 Å². The number of carbonyl (C=O) groups is 3. The summed E-state index contributed by atoms with van der Waals surface area (Å²) >= 11 is 0. The minimum atomic E-state index is -0.683. The van der Waals surface area contributed by atoms with Crippen LogP contribution in [-0.2, 0) is 55.8 Å². The molecule has 0 spiro atoms. The monoisotopic (exact) mass is 627 g/mol. The van der Waals surface area contributed by atoms with E-state index in [1.54, 1.807) is 18.0 Å². The van der Waals surface area contributed by atoms with Crippen molar-refractivity contribution >= 4 is 17.9 Å². The van der Waals surface area contributed by atoms with E-state index in [1.165, 1.54) is 0 Å². The first-order valence-corrected chi connectivity index (χ1v) is 16.5. The maximum atomic E-state index is 12.5. The highest BCUT2D eigenvalue weighted by atomic mass is 16.6. The molecule has 0 saturated carbocycles. The molecular weight excluding hydrogens is 570 g/mol. The third-order valence-corrected chi connectivity index (χ3v) is 6.76. The third-order valence-electron chi connectivity index (χ3n) is 6.76. The molecule has 1 aromatic heterocycles. The summed E-state index contributed by atoms with van der Waals surface area (Å²) in [5, 5.41) is 8.24. The van der Waals surface area contributed by atoms with Gasteiger partial charge in [-0.05, 0) is 19.3 Å². The number of aromatic nitrogens is 3. The van der Waals surface area contributed by atoms with E-state index in [2.05, 4.69) is 24.2 Å². The van der Waals surface area contributed by atoms with Gasteiger partial charge in [-0.15, -0.1) is 5.10 Å². The molecule has 1 heterocycles. The summed E-state index contributed by atoms with van der Waals surface area (Å²) < 4.78 is 33.6. The molecule has 0 amide bonds. The molecule has 0 saturated heterocycles. The van der Waals surface area contributed by atoms with Crippen LogP contribution >= 0.6 is 0 Å². The van der Waals surface area contributed by atoms with Crippen molar-refractivity contribution in [1.29, 1.82) is 0 Å². The third kappa shape index (κ3) is 22.9. The maximum absolute atomic E-state index is 12.5. The fourth-order valence-electron chi connectivity index (χ4n) is 4.27. The Kier molecular flexibility index (Phi) is 25.1. The molecule has 0 aliphatic rings. The number of unbranched alkanes of at least 4 members (excludes halogenated alkanes) is 8. The van der Waals surface area contributed by atoms with Crippen molar-refractivity contribution in [2.24, 2.45) is 0 Å². The Bertz CT molecular complexity index is 866. The fourth-order valence-corrected chi connectivity index (χ4v) is 4.27. The van der Waals surface area contributed by atoms with Crippen LogP contribution in [0.1, 0.15) is 109 Å². The largest absolute Gasteiger partial charge is 0.463 e. The van der Waals surface area contributed by atoms with Crippen molar-refractivity contribution in [3.05, 3.63) is 11.9 Å². The molecule has 0 aliphatic heterocycles. The summed E-state index contributed by atoms with van der Waals surface area (Å²) in [6.07, 6.45) is 13.3. The summed E-state index contributed by atoms with van der Waals surface area (Å²) in [7, 11) is 1.65. The normalized spacial score (nSPS) is 11.8. The van der Waals surface area contributed by atoms with Gasteiger partial charge in [0.1, 0.15) is 13.2 Å². The molecule has 0 radical (unpaired) electrons. The summed E-state index contributed by atoms with van der Waals surface area (Å²) in [5.74, 6) is -0.966. The van der Waals surface area contributed by atoms with Crippen LogP contribution in [0.25, 0.3) is 0 Å². The van der Waals surface area contributed by atoms with Gasteiger partial charge in [0, 0.05) is 45.8 Å². The highest BCUT2D eigenvalue weighted by molar-refractivity contribution is 5.70. The van der Waals surface area contributed by atoms with E-state index in [-0.39, 0.29) is 44.1 Å². The topological polar surface area (TPSA) is 137 Å². The van der Waals surface area contributed by atoms with E-state index in [0.717, 1.165) is 70.6 Å². The van der Waals surface area contributed by atoms with E-state index in [9.17, 15) is 14.4 Å². The Morgan fingerprint density at radius 2 is 1.32 bits per heavy atom. The van der Waals surface area contributed by atoms with Gasteiger partial charge in [0.05, 0.1) is 38.5 Å². The van der Waals surface area contributed by atoms with E-state index in [0.29, 0.717) is 58.0 Å². The first-order chi connectivity index (χ1) is 21.5. The zero-order valence-electron chi connectivity index (χ0n) is 27.4. The molecule has 1 unspecified atom stereocenters. The van der Waals surface area contributed by atoms with Crippen molar-refractivity contribution in [3.8, 4) is 0 Å². The van der Waals surface area contributed by atoms with Crippen LogP contribution in [0, 0.1) is 0 Å². The second kappa shape index (κ2) is 27.9. The summed E-state index contributed by atoms with van der Waals surface area (Å²) in [6.45, 7) is 7.11. The Morgan fingerprint density at radius 3 is 2.00 bits per heavy atom. The van der Waals surface area contributed by atoms with E-state index >= 15 is 0 Å². The summed E-state index contributed by atoms with van der Waals surface area (Å²) in [6, 6.07) is 0. The predicted molar refractivity (Wildman–Crippen MR) is 165 cm³/mol. The van der Waals surface area contributed by atoms with Gasteiger partial charge in [0.2, 0.25) is 0 Å². The molecule has 0 N–H and O–H groups in total. The number of hydrogen-bond donors (Lipinski definition) is 0. The molecule has 12 nitrogen and oxygen atoms in total. The van der Waals surface area contributed by atoms with Crippen LogP contribution in [-0.4, -0.2) is 92.4 Å². The Hall–Kier alpha value is -2.57. The zero-order valence-corrected chi connectivity index (χ0v) is 27.4. The molecule has 254 valence electrons. The lowest BCUT2D eigenvalue weighted by atomic mass is 10.1. The number of ether oxygens (including phenoxy) is 6. The van der Waals surface area contributed by atoms with Gasteiger partial charge in [-0.25, -0.2) is 4.68 Å². The molecule has 0 aromatic carbocycles. The average Bonchev–Trinajstić information content (AvgIpc) is 3.46. The summed E-state index contributed by atoms with van der Waals surface area (Å²) in [4.78, 5) is 36.9. The predicted octanol–water partition coefficient (Wildman–Crippen LogP) is 5.00. The maximum Gasteiger partial charge on any atom is 0.306 e. The molecule has 1 atom stereocenters. The van der Waals surface area contributed by atoms with Crippen LogP contribution < -0.4 is 0 Å². The number of esters is 3. The van der Waals surface area contributed by atoms with Crippen molar-refractivity contribution in [2.75, 3.05) is 53.4 Å². The van der Waals surface area contributed by atoms with Gasteiger partial charge in [-0.3, -0.25) is 14.4 Å². The summed E-state index contributed by atoms with van der Waals surface area (Å²) in [5.41, 5.74) is 0.605. The fraction of sp³-hybridized carbons (Fsp3) is 0.844. The Morgan fingerprint density at radius 1 is 0.705 bits per heavy atom. The molecule has 12 heteroatoms. The van der Waals surface area contributed by atoms with Crippen molar-refractivity contribution in [2.45, 2.75) is 123 Å². The second-order valence-corrected chi connectivity index (χ2v) is 10.8. The molecule has 0 bridgehead atoms. The second-order valence-electron chi connectivity index (χ2n) is 10.8. The molecule has 1 rings (SSSR count). The van der Waals surface area contributed by atoms with Crippen molar-refractivity contribution in [1.82, 2.24) is 15.0 Å². The Balaban J connectivity index is 2.42. The molecule has 0 fully saturated rings. The smallest absolute Gasteiger partial charge is 0.306 e. The quantitative estimate of drug-likeness (QED) is 0.0647. The van der Waals surface area contributed by atoms with Gasteiger partial charge in [-0.1, -0.05) is 70.4 Å². The number of methoxy groups -OCH3 is 1. The van der Waals surface area contributed by atoms with Gasteiger partial charge in [-0.2, -0.15) is 0 Å². The average molecular weight is 628 g/mol. The van der Waals surface area contributed by atoms with Crippen LogP contribution in [0.2, 0.25) is 0 Å². The number of carbonyl (C=O) groups excluding carboxylic acids is 3.